The molecule has 1 heteroatoms. The topological polar surface area (TPSA) is 20.2 Å². The largest absolute Gasteiger partial charge is 0.512 e. The molecule has 0 spiro atoms. The van der Waals surface area contributed by atoms with Gasteiger partial charge in [0.1, 0.15) is 0 Å². The number of hydrogen-bond acceptors (Lipinski definition) is 1. The van der Waals surface area contributed by atoms with Crippen LogP contribution >= 0.6 is 0 Å². The van der Waals surface area contributed by atoms with Gasteiger partial charge in [-0.1, -0.05) is 19.8 Å². The minimum atomic E-state index is 0.149. The molecule has 0 saturated heterocycles. The summed E-state index contributed by atoms with van der Waals surface area (Å²) in [5.74, 6) is 1.44. The summed E-state index contributed by atoms with van der Waals surface area (Å²) in [4.78, 5) is 0. The van der Waals surface area contributed by atoms with Crippen LogP contribution in [0.25, 0.3) is 0 Å². The lowest BCUT2D eigenvalue weighted by Crippen LogP contribution is -2.34. The summed E-state index contributed by atoms with van der Waals surface area (Å²) < 4.78 is 0. The van der Waals surface area contributed by atoms with Gasteiger partial charge in [-0.15, -0.1) is 0 Å². The third-order valence-corrected chi connectivity index (χ3v) is 3.84. The SMILES string of the molecule is C[C@]12CCCC[C@@H]1CCC=C2O. The van der Waals surface area contributed by atoms with E-state index in [0.717, 1.165) is 12.3 Å². The van der Waals surface area contributed by atoms with Gasteiger partial charge in [0.2, 0.25) is 0 Å². The van der Waals surface area contributed by atoms with Crippen molar-refractivity contribution in [3.05, 3.63) is 11.8 Å². The highest BCUT2D eigenvalue weighted by molar-refractivity contribution is 5.12. The monoisotopic (exact) mass is 166 g/mol. The number of aliphatic hydroxyl groups is 1. The fourth-order valence-corrected chi connectivity index (χ4v) is 2.86. The maximum atomic E-state index is 9.82. The Kier molecular flexibility index (Phi) is 1.90. The van der Waals surface area contributed by atoms with Crippen molar-refractivity contribution in [1.29, 1.82) is 0 Å². The second-order valence-corrected chi connectivity index (χ2v) is 4.53. The molecule has 12 heavy (non-hydrogen) atoms. The van der Waals surface area contributed by atoms with Crippen LogP contribution in [0.2, 0.25) is 0 Å². The molecular weight excluding hydrogens is 148 g/mol. The Morgan fingerprint density at radius 1 is 1.42 bits per heavy atom. The molecule has 0 heterocycles. The third kappa shape index (κ3) is 1.07. The van der Waals surface area contributed by atoms with Crippen molar-refractivity contribution >= 4 is 0 Å². The van der Waals surface area contributed by atoms with Crippen LogP contribution < -0.4 is 0 Å². The molecule has 0 bridgehead atoms. The zero-order valence-corrected chi connectivity index (χ0v) is 7.84. The standard InChI is InChI=1S/C11H18O/c1-11-8-3-2-5-9(11)6-4-7-10(11)12/h7,9,12H,2-6,8H2,1H3/t9-,11+/m1/s1. The van der Waals surface area contributed by atoms with Gasteiger partial charge in [-0.2, -0.15) is 0 Å². The van der Waals surface area contributed by atoms with Gasteiger partial charge < -0.3 is 5.11 Å². The summed E-state index contributed by atoms with van der Waals surface area (Å²) in [6.07, 6.45) is 9.60. The summed E-state index contributed by atoms with van der Waals surface area (Å²) in [6, 6.07) is 0. The smallest absolute Gasteiger partial charge is 0.0944 e. The predicted octanol–water partition coefficient (Wildman–Crippen LogP) is 3.42. The average Bonchev–Trinajstić information content (AvgIpc) is 2.07. The van der Waals surface area contributed by atoms with Gasteiger partial charge >= 0.3 is 0 Å². The van der Waals surface area contributed by atoms with Crippen molar-refractivity contribution < 1.29 is 5.11 Å². The summed E-state index contributed by atoms with van der Waals surface area (Å²) in [6.45, 7) is 2.24. The molecule has 0 aromatic heterocycles. The second-order valence-electron chi connectivity index (χ2n) is 4.53. The Labute approximate surface area is 74.5 Å². The van der Waals surface area contributed by atoms with Crippen LogP contribution in [0.3, 0.4) is 0 Å². The Bertz CT molecular complexity index is 207. The number of rotatable bonds is 0. The van der Waals surface area contributed by atoms with E-state index >= 15 is 0 Å². The molecular formula is C11H18O. The maximum absolute atomic E-state index is 9.82. The first-order chi connectivity index (χ1) is 5.73. The number of fused-ring (bicyclic) bond motifs is 1. The van der Waals surface area contributed by atoms with Crippen molar-refractivity contribution in [3.63, 3.8) is 0 Å². The Balaban J connectivity index is 2.25. The molecule has 1 saturated carbocycles. The lowest BCUT2D eigenvalue weighted by molar-refractivity contribution is 0.0822. The van der Waals surface area contributed by atoms with Gasteiger partial charge in [-0.3, -0.25) is 0 Å². The van der Waals surface area contributed by atoms with Crippen LogP contribution in [-0.2, 0) is 0 Å². The van der Waals surface area contributed by atoms with E-state index in [9.17, 15) is 5.11 Å². The molecule has 1 fully saturated rings. The van der Waals surface area contributed by atoms with E-state index in [2.05, 4.69) is 6.92 Å². The second kappa shape index (κ2) is 2.79. The lowest BCUT2D eigenvalue weighted by Gasteiger charge is -2.43. The van der Waals surface area contributed by atoms with Crippen molar-refractivity contribution in [3.8, 4) is 0 Å². The minimum Gasteiger partial charge on any atom is -0.512 e. The van der Waals surface area contributed by atoms with Crippen molar-refractivity contribution in [1.82, 2.24) is 0 Å². The number of allylic oxidation sites excluding steroid dienone is 2. The molecule has 2 atom stereocenters. The maximum Gasteiger partial charge on any atom is 0.0944 e. The highest BCUT2D eigenvalue weighted by Gasteiger charge is 2.41. The van der Waals surface area contributed by atoms with E-state index in [4.69, 9.17) is 0 Å². The van der Waals surface area contributed by atoms with E-state index in [1.165, 1.54) is 32.1 Å². The number of hydrogen-bond donors (Lipinski definition) is 1. The van der Waals surface area contributed by atoms with E-state index in [-0.39, 0.29) is 5.41 Å². The Morgan fingerprint density at radius 3 is 3.00 bits per heavy atom. The third-order valence-electron chi connectivity index (χ3n) is 3.84. The lowest BCUT2D eigenvalue weighted by atomic mass is 9.62. The van der Waals surface area contributed by atoms with Crippen molar-refractivity contribution in [2.45, 2.75) is 45.4 Å². The van der Waals surface area contributed by atoms with E-state index < -0.39 is 0 Å². The fourth-order valence-electron chi connectivity index (χ4n) is 2.86. The van der Waals surface area contributed by atoms with Gasteiger partial charge in [0.15, 0.2) is 0 Å². The molecule has 68 valence electrons. The minimum absolute atomic E-state index is 0.149. The van der Waals surface area contributed by atoms with Gasteiger partial charge in [0.25, 0.3) is 0 Å². The van der Waals surface area contributed by atoms with Crippen molar-refractivity contribution in [2.24, 2.45) is 11.3 Å². The van der Waals surface area contributed by atoms with Crippen molar-refractivity contribution in [2.75, 3.05) is 0 Å². The fraction of sp³-hybridized carbons (Fsp3) is 0.818. The summed E-state index contributed by atoms with van der Waals surface area (Å²) in [5.41, 5.74) is 0.149. The molecule has 1 nitrogen and oxygen atoms in total. The van der Waals surface area contributed by atoms with Gasteiger partial charge in [0, 0.05) is 5.41 Å². The molecule has 0 radical (unpaired) electrons. The molecule has 0 unspecified atom stereocenters. The Hall–Kier alpha value is -0.460. The average molecular weight is 166 g/mol. The molecule has 0 aromatic rings. The van der Waals surface area contributed by atoms with Crippen LogP contribution in [0, 0.1) is 11.3 Å². The van der Waals surface area contributed by atoms with Crippen LogP contribution in [-0.4, -0.2) is 5.11 Å². The highest BCUT2D eigenvalue weighted by atomic mass is 16.3. The summed E-state index contributed by atoms with van der Waals surface area (Å²) in [5, 5.41) is 9.82. The normalized spacial score (nSPS) is 41.8. The van der Waals surface area contributed by atoms with Gasteiger partial charge in [-0.05, 0) is 37.7 Å². The molecule has 2 aliphatic carbocycles. The van der Waals surface area contributed by atoms with Crippen LogP contribution in [0.15, 0.2) is 11.8 Å². The molecule has 2 rings (SSSR count). The van der Waals surface area contributed by atoms with E-state index in [1.54, 1.807) is 0 Å². The first-order valence-corrected chi connectivity index (χ1v) is 5.13. The van der Waals surface area contributed by atoms with Crippen LogP contribution in [0.5, 0.6) is 0 Å². The molecule has 2 aliphatic rings. The molecule has 0 amide bonds. The molecule has 1 N–H and O–H groups in total. The van der Waals surface area contributed by atoms with Gasteiger partial charge in [-0.25, -0.2) is 0 Å². The first kappa shape index (κ1) is 8.15. The van der Waals surface area contributed by atoms with E-state index in [1.807, 2.05) is 6.08 Å². The Morgan fingerprint density at radius 2 is 2.25 bits per heavy atom. The van der Waals surface area contributed by atoms with Crippen LogP contribution in [0.4, 0.5) is 0 Å². The number of aliphatic hydroxyl groups excluding tert-OH is 1. The van der Waals surface area contributed by atoms with Crippen LogP contribution in [0.1, 0.15) is 45.4 Å². The predicted molar refractivity (Wildman–Crippen MR) is 50.0 cm³/mol. The zero-order chi connectivity index (χ0) is 8.60. The van der Waals surface area contributed by atoms with Gasteiger partial charge in [0.05, 0.1) is 5.76 Å². The summed E-state index contributed by atoms with van der Waals surface area (Å²) in [7, 11) is 0. The summed E-state index contributed by atoms with van der Waals surface area (Å²) >= 11 is 0. The first-order valence-electron chi connectivity index (χ1n) is 5.13. The quantitative estimate of drug-likeness (QED) is 0.584. The highest BCUT2D eigenvalue weighted by Crippen LogP contribution is 2.49. The van der Waals surface area contributed by atoms with E-state index in [0.29, 0.717) is 5.76 Å². The molecule has 0 aromatic carbocycles. The zero-order valence-electron chi connectivity index (χ0n) is 7.84. The molecule has 0 aliphatic heterocycles.